The van der Waals surface area contributed by atoms with E-state index in [1.807, 2.05) is 30.1 Å². The zero-order valence-electron chi connectivity index (χ0n) is 13.9. The summed E-state index contributed by atoms with van der Waals surface area (Å²) in [5.41, 5.74) is 1.28. The van der Waals surface area contributed by atoms with E-state index < -0.39 is 4.92 Å². The number of non-ortho nitro benzene ring substituents is 1. The Bertz CT molecular complexity index is 782. The first kappa shape index (κ1) is 18.7. The molecule has 0 aliphatic carbocycles. The molecule has 2 aromatic rings. The van der Waals surface area contributed by atoms with Crippen molar-refractivity contribution in [2.75, 3.05) is 26.0 Å². The van der Waals surface area contributed by atoms with E-state index in [-0.39, 0.29) is 23.9 Å². The van der Waals surface area contributed by atoms with Crippen LogP contribution in [0.5, 0.6) is 5.75 Å². The molecular formula is C17H18ClN3O4. The highest BCUT2D eigenvalue weighted by atomic mass is 35.5. The predicted molar refractivity (Wildman–Crippen MR) is 96.1 cm³/mol. The molecule has 0 heterocycles. The second-order valence-electron chi connectivity index (χ2n) is 5.49. The van der Waals surface area contributed by atoms with Crippen LogP contribution < -0.4 is 10.1 Å². The van der Waals surface area contributed by atoms with Gasteiger partial charge in [0.2, 0.25) is 5.91 Å². The summed E-state index contributed by atoms with van der Waals surface area (Å²) in [4.78, 5) is 24.3. The molecule has 8 heteroatoms. The minimum absolute atomic E-state index is 0.104. The van der Waals surface area contributed by atoms with Crippen molar-refractivity contribution in [3.05, 3.63) is 63.2 Å². The maximum absolute atomic E-state index is 12.2. The fraction of sp³-hybridized carbons (Fsp3) is 0.235. The molecule has 1 N–H and O–H groups in total. The maximum Gasteiger partial charge on any atom is 0.273 e. The summed E-state index contributed by atoms with van der Waals surface area (Å²) >= 11 is 5.95. The van der Waals surface area contributed by atoms with Crippen molar-refractivity contribution in [1.29, 1.82) is 0 Å². The van der Waals surface area contributed by atoms with Crippen LogP contribution >= 0.6 is 11.6 Å². The lowest BCUT2D eigenvalue weighted by Gasteiger charge is -2.17. The number of rotatable bonds is 7. The Hall–Kier alpha value is -2.64. The monoisotopic (exact) mass is 363 g/mol. The van der Waals surface area contributed by atoms with E-state index in [4.69, 9.17) is 16.3 Å². The Morgan fingerprint density at radius 1 is 1.32 bits per heavy atom. The Balaban J connectivity index is 1.98. The molecule has 0 radical (unpaired) electrons. The zero-order valence-corrected chi connectivity index (χ0v) is 14.6. The first-order valence-electron chi connectivity index (χ1n) is 7.44. The van der Waals surface area contributed by atoms with E-state index >= 15 is 0 Å². The average molecular weight is 364 g/mol. The van der Waals surface area contributed by atoms with Crippen LogP contribution in [0, 0.1) is 10.1 Å². The molecule has 0 fully saturated rings. The van der Waals surface area contributed by atoms with Crippen molar-refractivity contribution in [2.24, 2.45) is 0 Å². The third-order valence-electron chi connectivity index (χ3n) is 3.43. The van der Waals surface area contributed by atoms with Gasteiger partial charge in [-0.3, -0.25) is 19.8 Å². The highest BCUT2D eigenvalue weighted by molar-refractivity contribution is 6.30. The van der Waals surface area contributed by atoms with E-state index in [0.717, 1.165) is 5.56 Å². The standard InChI is InChI=1S/C17H18ClN3O4/c1-20(10-12-4-3-5-13(18)8-12)11-17(22)19-15-7-6-14(21(23)24)9-16(15)25-2/h3-9H,10-11H2,1-2H3,(H,19,22). The van der Waals surface area contributed by atoms with E-state index in [9.17, 15) is 14.9 Å². The van der Waals surface area contributed by atoms with Gasteiger partial charge in [0, 0.05) is 17.6 Å². The van der Waals surface area contributed by atoms with Gasteiger partial charge in [-0.2, -0.15) is 0 Å². The predicted octanol–water partition coefficient (Wildman–Crippen LogP) is 3.33. The molecule has 2 aromatic carbocycles. The topological polar surface area (TPSA) is 84.7 Å². The third kappa shape index (κ3) is 5.44. The summed E-state index contributed by atoms with van der Waals surface area (Å²) in [5.74, 6) is -0.0169. The number of hydrogen-bond donors (Lipinski definition) is 1. The van der Waals surface area contributed by atoms with Crippen LogP contribution in [-0.4, -0.2) is 36.4 Å². The third-order valence-corrected chi connectivity index (χ3v) is 3.66. The normalized spacial score (nSPS) is 10.6. The molecule has 0 aliphatic heterocycles. The van der Waals surface area contributed by atoms with Gasteiger partial charge in [-0.25, -0.2) is 0 Å². The summed E-state index contributed by atoms with van der Waals surface area (Å²) in [7, 11) is 3.20. The maximum atomic E-state index is 12.2. The quantitative estimate of drug-likeness (QED) is 0.602. The molecule has 0 unspecified atom stereocenters. The van der Waals surface area contributed by atoms with Crippen LogP contribution in [0.4, 0.5) is 11.4 Å². The zero-order chi connectivity index (χ0) is 18.4. The molecule has 7 nitrogen and oxygen atoms in total. The van der Waals surface area contributed by atoms with Gasteiger partial charge in [0.25, 0.3) is 5.69 Å². The highest BCUT2D eigenvalue weighted by Crippen LogP contribution is 2.28. The molecule has 0 saturated heterocycles. The number of carbonyl (C=O) groups excluding carboxylic acids is 1. The summed E-state index contributed by atoms with van der Waals surface area (Å²) < 4.78 is 5.10. The van der Waals surface area contributed by atoms with Crippen LogP contribution in [0.2, 0.25) is 5.02 Å². The summed E-state index contributed by atoms with van der Waals surface area (Å²) in [6.45, 7) is 0.706. The first-order chi connectivity index (χ1) is 11.9. The number of halogens is 1. The lowest BCUT2D eigenvalue weighted by atomic mass is 10.2. The second-order valence-corrected chi connectivity index (χ2v) is 5.93. The van der Waals surface area contributed by atoms with Crippen molar-refractivity contribution in [1.82, 2.24) is 4.90 Å². The number of nitro benzene ring substituents is 1. The molecule has 0 aliphatic rings. The van der Waals surface area contributed by atoms with Gasteiger partial charge in [0.1, 0.15) is 5.75 Å². The van der Waals surface area contributed by atoms with E-state index in [2.05, 4.69) is 5.32 Å². The number of nitrogens with one attached hydrogen (secondary N) is 1. The Morgan fingerprint density at radius 3 is 2.72 bits per heavy atom. The number of likely N-dealkylation sites (N-methyl/N-ethyl adjacent to an activating group) is 1. The van der Waals surface area contributed by atoms with Crippen molar-refractivity contribution in [3.63, 3.8) is 0 Å². The van der Waals surface area contributed by atoms with Crippen LogP contribution in [-0.2, 0) is 11.3 Å². The van der Waals surface area contributed by atoms with Crippen LogP contribution in [0.25, 0.3) is 0 Å². The Morgan fingerprint density at radius 2 is 2.08 bits per heavy atom. The van der Waals surface area contributed by atoms with E-state index in [1.165, 1.54) is 25.3 Å². The average Bonchev–Trinajstić information content (AvgIpc) is 2.54. The number of carbonyl (C=O) groups is 1. The number of hydrogen-bond acceptors (Lipinski definition) is 5. The highest BCUT2D eigenvalue weighted by Gasteiger charge is 2.14. The minimum Gasteiger partial charge on any atom is -0.494 e. The number of nitro groups is 1. The number of methoxy groups -OCH3 is 1. The molecule has 25 heavy (non-hydrogen) atoms. The fourth-order valence-electron chi connectivity index (χ4n) is 2.33. The van der Waals surface area contributed by atoms with Crippen molar-refractivity contribution in [3.8, 4) is 5.75 Å². The molecule has 0 bridgehead atoms. The molecule has 132 valence electrons. The lowest BCUT2D eigenvalue weighted by molar-refractivity contribution is -0.384. The second kappa shape index (κ2) is 8.46. The van der Waals surface area contributed by atoms with Gasteiger partial charge in [0.15, 0.2) is 0 Å². The van der Waals surface area contributed by atoms with Crippen LogP contribution in [0.1, 0.15) is 5.56 Å². The Labute approximate surface area is 150 Å². The summed E-state index contributed by atoms with van der Waals surface area (Å²) in [5, 5.41) is 14.1. The van der Waals surface area contributed by atoms with Gasteiger partial charge in [-0.1, -0.05) is 23.7 Å². The van der Waals surface area contributed by atoms with Crippen LogP contribution in [0.3, 0.4) is 0 Å². The summed E-state index contributed by atoms with van der Waals surface area (Å²) in [6.07, 6.45) is 0. The lowest BCUT2D eigenvalue weighted by Crippen LogP contribution is -2.29. The molecule has 0 atom stereocenters. The fourth-order valence-corrected chi connectivity index (χ4v) is 2.55. The SMILES string of the molecule is COc1cc([N+](=O)[O-])ccc1NC(=O)CN(C)Cc1cccc(Cl)c1. The van der Waals surface area contributed by atoms with E-state index in [1.54, 1.807) is 6.07 Å². The number of nitrogens with zero attached hydrogens (tertiary/aromatic N) is 2. The minimum atomic E-state index is -0.521. The molecule has 0 saturated carbocycles. The number of anilines is 1. The molecule has 0 spiro atoms. The molecule has 1 amide bonds. The van der Waals surface area contributed by atoms with Gasteiger partial charge >= 0.3 is 0 Å². The molecular weight excluding hydrogens is 346 g/mol. The largest absolute Gasteiger partial charge is 0.494 e. The van der Waals surface area contributed by atoms with Gasteiger partial charge < -0.3 is 10.1 Å². The van der Waals surface area contributed by atoms with Crippen molar-refractivity contribution < 1.29 is 14.5 Å². The van der Waals surface area contributed by atoms with Gasteiger partial charge in [0.05, 0.1) is 30.3 Å². The number of benzene rings is 2. The van der Waals surface area contributed by atoms with Gasteiger partial charge in [-0.15, -0.1) is 0 Å². The molecule has 0 aromatic heterocycles. The Kier molecular flexibility index (Phi) is 6.32. The van der Waals surface area contributed by atoms with Gasteiger partial charge in [-0.05, 0) is 30.8 Å². The number of ether oxygens (including phenoxy) is 1. The van der Waals surface area contributed by atoms with Crippen LogP contribution in [0.15, 0.2) is 42.5 Å². The first-order valence-corrected chi connectivity index (χ1v) is 7.82. The van der Waals surface area contributed by atoms with Crippen molar-refractivity contribution >= 4 is 28.9 Å². The van der Waals surface area contributed by atoms with Crippen molar-refractivity contribution in [2.45, 2.75) is 6.54 Å². The van der Waals surface area contributed by atoms with E-state index in [0.29, 0.717) is 17.3 Å². The molecule has 2 rings (SSSR count). The smallest absolute Gasteiger partial charge is 0.273 e. The number of amides is 1. The summed E-state index contributed by atoms with van der Waals surface area (Å²) in [6, 6.07) is 11.5.